The van der Waals surface area contributed by atoms with Crippen LogP contribution in [-0.4, -0.2) is 18.7 Å². The lowest BCUT2D eigenvalue weighted by atomic mass is 10.1. The molecule has 0 aliphatic carbocycles. The van der Waals surface area contributed by atoms with Crippen LogP contribution in [0.25, 0.3) is 0 Å². The summed E-state index contributed by atoms with van der Waals surface area (Å²) < 4.78 is 5.43. The minimum Gasteiger partial charge on any atom is -0.484 e. The lowest BCUT2D eigenvalue weighted by molar-refractivity contribution is -0.123. The highest BCUT2D eigenvalue weighted by Gasteiger charge is 2.02. The number of carbonyl (C=O) groups is 1. The second-order valence-electron chi connectivity index (χ2n) is 4.78. The van der Waals surface area contributed by atoms with Gasteiger partial charge in [0.1, 0.15) is 5.75 Å². The standard InChI is InChI=1S/C16H18N2O2S/c1-11-4-6-14(8-12(11)2)20-10-16(19)18-17-9-15-7-5-13(3)21-15/h4-9H,10H2,1-3H3,(H,18,19)/b17-9+. The Morgan fingerprint density at radius 1 is 1.24 bits per heavy atom. The Bertz CT molecular complexity index is 662. The van der Waals surface area contributed by atoms with Crippen molar-refractivity contribution < 1.29 is 9.53 Å². The molecule has 1 N–H and O–H groups in total. The van der Waals surface area contributed by atoms with E-state index in [1.807, 2.05) is 51.1 Å². The van der Waals surface area contributed by atoms with Gasteiger partial charge in [-0.25, -0.2) is 5.43 Å². The summed E-state index contributed by atoms with van der Waals surface area (Å²) in [5, 5.41) is 3.90. The highest BCUT2D eigenvalue weighted by Crippen LogP contribution is 2.16. The average Bonchev–Trinajstić information content (AvgIpc) is 2.86. The molecule has 0 spiro atoms. The molecule has 0 aliphatic rings. The minimum atomic E-state index is -0.280. The minimum absolute atomic E-state index is 0.0523. The molecule has 1 heterocycles. The number of benzene rings is 1. The van der Waals surface area contributed by atoms with E-state index in [4.69, 9.17) is 4.74 Å². The lowest BCUT2D eigenvalue weighted by Gasteiger charge is -2.07. The van der Waals surface area contributed by atoms with Gasteiger partial charge < -0.3 is 4.74 Å². The van der Waals surface area contributed by atoms with Gasteiger partial charge in [0, 0.05) is 9.75 Å². The molecule has 0 radical (unpaired) electrons. The number of aryl methyl sites for hydroxylation is 3. The Hall–Kier alpha value is -2.14. The van der Waals surface area contributed by atoms with E-state index in [1.165, 1.54) is 10.4 Å². The van der Waals surface area contributed by atoms with E-state index in [1.54, 1.807) is 17.6 Å². The molecule has 1 aromatic carbocycles. The van der Waals surface area contributed by atoms with Crippen LogP contribution in [0.15, 0.2) is 35.4 Å². The summed E-state index contributed by atoms with van der Waals surface area (Å²) in [7, 11) is 0. The van der Waals surface area contributed by atoms with Crippen LogP contribution in [0, 0.1) is 20.8 Å². The fourth-order valence-corrected chi connectivity index (χ4v) is 2.42. The molecule has 0 fully saturated rings. The fraction of sp³-hybridized carbons (Fsp3) is 0.250. The van der Waals surface area contributed by atoms with Crippen LogP contribution in [0.2, 0.25) is 0 Å². The van der Waals surface area contributed by atoms with Gasteiger partial charge in [-0.3, -0.25) is 4.79 Å². The van der Waals surface area contributed by atoms with Gasteiger partial charge >= 0.3 is 0 Å². The maximum atomic E-state index is 11.6. The van der Waals surface area contributed by atoms with Crippen LogP contribution in [0.5, 0.6) is 5.75 Å². The normalized spacial score (nSPS) is 10.8. The van der Waals surface area contributed by atoms with Crippen molar-refractivity contribution in [3.63, 3.8) is 0 Å². The van der Waals surface area contributed by atoms with Crippen molar-refractivity contribution in [3.8, 4) is 5.75 Å². The predicted molar refractivity (Wildman–Crippen MR) is 86.2 cm³/mol. The monoisotopic (exact) mass is 302 g/mol. The van der Waals surface area contributed by atoms with Crippen molar-refractivity contribution in [3.05, 3.63) is 51.2 Å². The first-order chi connectivity index (χ1) is 10.0. The molecule has 0 aliphatic heterocycles. The van der Waals surface area contributed by atoms with Crippen molar-refractivity contribution >= 4 is 23.5 Å². The van der Waals surface area contributed by atoms with Gasteiger partial charge in [0.25, 0.3) is 5.91 Å². The fourth-order valence-electron chi connectivity index (χ4n) is 1.68. The molecule has 2 rings (SSSR count). The Balaban J connectivity index is 1.79. The molecule has 0 atom stereocenters. The molecule has 0 unspecified atom stereocenters. The lowest BCUT2D eigenvalue weighted by Crippen LogP contribution is -2.24. The molecule has 1 amide bonds. The van der Waals surface area contributed by atoms with Gasteiger partial charge in [-0.15, -0.1) is 11.3 Å². The molecule has 2 aromatic rings. The Morgan fingerprint density at radius 2 is 2.05 bits per heavy atom. The second kappa shape index (κ2) is 7.04. The van der Waals surface area contributed by atoms with E-state index < -0.39 is 0 Å². The summed E-state index contributed by atoms with van der Waals surface area (Å²) in [6.07, 6.45) is 1.63. The molecule has 0 saturated heterocycles. The zero-order valence-corrected chi connectivity index (χ0v) is 13.2. The van der Waals surface area contributed by atoms with Crippen LogP contribution in [0.4, 0.5) is 0 Å². The Kier molecular flexibility index (Phi) is 5.11. The van der Waals surface area contributed by atoms with Gasteiger partial charge in [0.2, 0.25) is 0 Å². The summed E-state index contributed by atoms with van der Waals surface area (Å²) in [5.41, 5.74) is 4.78. The van der Waals surface area contributed by atoms with Crippen molar-refractivity contribution in [2.75, 3.05) is 6.61 Å². The summed E-state index contributed by atoms with van der Waals surface area (Å²) >= 11 is 1.62. The Morgan fingerprint density at radius 3 is 2.71 bits per heavy atom. The number of hydrogen-bond acceptors (Lipinski definition) is 4. The number of amides is 1. The molecule has 110 valence electrons. The van der Waals surface area contributed by atoms with Crippen molar-refractivity contribution in [2.24, 2.45) is 5.10 Å². The van der Waals surface area contributed by atoms with E-state index in [-0.39, 0.29) is 12.5 Å². The first-order valence-electron chi connectivity index (χ1n) is 6.63. The number of carbonyl (C=O) groups excluding carboxylic acids is 1. The van der Waals surface area contributed by atoms with Gasteiger partial charge in [-0.2, -0.15) is 5.10 Å². The van der Waals surface area contributed by atoms with Gasteiger partial charge in [0.15, 0.2) is 6.61 Å². The van der Waals surface area contributed by atoms with Crippen LogP contribution in [0.1, 0.15) is 20.9 Å². The molecular formula is C16H18N2O2S. The first-order valence-corrected chi connectivity index (χ1v) is 7.44. The average molecular weight is 302 g/mol. The van der Waals surface area contributed by atoms with Crippen molar-refractivity contribution in [1.29, 1.82) is 0 Å². The van der Waals surface area contributed by atoms with E-state index in [0.717, 1.165) is 10.4 Å². The quantitative estimate of drug-likeness (QED) is 0.681. The molecular weight excluding hydrogens is 284 g/mol. The molecule has 5 heteroatoms. The zero-order valence-electron chi connectivity index (χ0n) is 12.3. The third-order valence-electron chi connectivity index (χ3n) is 2.99. The summed E-state index contributed by atoms with van der Waals surface area (Å²) in [6.45, 7) is 6.02. The number of thiophene rings is 1. The molecule has 21 heavy (non-hydrogen) atoms. The van der Waals surface area contributed by atoms with Crippen molar-refractivity contribution in [1.82, 2.24) is 5.43 Å². The highest BCUT2D eigenvalue weighted by molar-refractivity contribution is 7.13. The number of ether oxygens (including phenoxy) is 1. The smallest absolute Gasteiger partial charge is 0.277 e. The highest BCUT2D eigenvalue weighted by atomic mass is 32.1. The maximum absolute atomic E-state index is 11.6. The van der Waals surface area contributed by atoms with Crippen molar-refractivity contribution in [2.45, 2.75) is 20.8 Å². The van der Waals surface area contributed by atoms with Crippen LogP contribution in [0.3, 0.4) is 0 Å². The molecule has 1 aromatic heterocycles. The second-order valence-corrected chi connectivity index (χ2v) is 6.10. The van der Waals surface area contributed by atoms with E-state index in [0.29, 0.717) is 5.75 Å². The number of rotatable bonds is 5. The first kappa shape index (κ1) is 15.3. The summed E-state index contributed by atoms with van der Waals surface area (Å²) in [4.78, 5) is 13.8. The van der Waals surface area contributed by atoms with Crippen LogP contribution in [-0.2, 0) is 4.79 Å². The van der Waals surface area contributed by atoms with E-state index >= 15 is 0 Å². The van der Waals surface area contributed by atoms with Crippen LogP contribution >= 0.6 is 11.3 Å². The third-order valence-corrected chi connectivity index (χ3v) is 3.93. The Labute approximate surface area is 128 Å². The SMILES string of the molecule is Cc1ccc(/C=N/NC(=O)COc2ccc(C)c(C)c2)s1. The molecule has 0 saturated carbocycles. The third kappa shape index (κ3) is 4.72. The van der Waals surface area contributed by atoms with Crippen LogP contribution < -0.4 is 10.2 Å². The predicted octanol–water partition coefficient (Wildman–Crippen LogP) is 3.20. The maximum Gasteiger partial charge on any atom is 0.277 e. The number of hydrogen-bond donors (Lipinski definition) is 1. The number of hydrazone groups is 1. The topological polar surface area (TPSA) is 50.7 Å². The number of nitrogens with one attached hydrogen (secondary N) is 1. The van der Waals surface area contributed by atoms with E-state index in [9.17, 15) is 4.79 Å². The number of nitrogens with zero attached hydrogens (tertiary/aromatic N) is 1. The molecule has 0 bridgehead atoms. The van der Waals surface area contributed by atoms with Gasteiger partial charge in [-0.1, -0.05) is 6.07 Å². The largest absolute Gasteiger partial charge is 0.484 e. The van der Waals surface area contributed by atoms with E-state index in [2.05, 4.69) is 10.5 Å². The van der Waals surface area contributed by atoms with Gasteiger partial charge in [0.05, 0.1) is 6.21 Å². The van der Waals surface area contributed by atoms with Gasteiger partial charge in [-0.05, 0) is 56.2 Å². The summed E-state index contributed by atoms with van der Waals surface area (Å²) in [6, 6.07) is 9.71. The zero-order chi connectivity index (χ0) is 15.2. The summed E-state index contributed by atoms with van der Waals surface area (Å²) in [5.74, 6) is 0.406. The molecule has 4 nitrogen and oxygen atoms in total.